The number of nitrogens with one attached hydrogen (secondary N) is 2. The summed E-state index contributed by atoms with van der Waals surface area (Å²) < 4.78 is 0. The number of aromatic nitrogens is 4. The Labute approximate surface area is 159 Å². The van der Waals surface area contributed by atoms with Crippen LogP contribution in [-0.2, 0) is 25.8 Å². The zero-order chi connectivity index (χ0) is 18.2. The summed E-state index contributed by atoms with van der Waals surface area (Å²) in [4.78, 5) is 24.4. The Kier molecular flexibility index (Phi) is 4.39. The van der Waals surface area contributed by atoms with Gasteiger partial charge in [-0.3, -0.25) is 9.89 Å². The standard InChI is InChI=1S/C20H26N6O/c27-20(18-14-5-2-1-3-6-16(14)24-25-18)26-10-8-15-13(12-26)11-22-19(23-15)17-7-4-9-21-17/h11,17,21H,1-10,12H2,(H,24,25). The summed E-state index contributed by atoms with van der Waals surface area (Å²) in [6, 6.07) is 0.287. The lowest BCUT2D eigenvalue weighted by Crippen LogP contribution is -2.37. The van der Waals surface area contributed by atoms with Crippen molar-refractivity contribution in [2.24, 2.45) is 0 Å². The highest BCUT2D eigenvalue weighted by atomic mass is 16.2. The number of fused-ring (bicyclic) bond motifs is 2. The summed E-state index contributed by atoms with van der Waals surface area (Å²) in [5, 5.41) is 11.0. The summed E-state index contributed by atoms with van der Waals surface area (Å²) in [5.41, 5.74) is 5.09. The van der Waals surface area contributed by atoms with E-state index in [1.807, 2.05) is 11.1 Å². The Morgan fingerprint density at radius 3 is 2.96 bits per heavy atom. The first-order valence-electron chi connectivity index (χ1n) is 10.2. The van der Waals surface area contributed by atoms with E-state index in [-0.39, 0.29) is 11.9 Å². The molecule has 0 spiro atoms. The van der Waals surface area contributed by atoms with Gasteiger partial charge in [-0.1, -0.05) is 6.42 Å². The van der Waals surface area contributed by atoms with E-state index in [9.17, 15) is 4.79 Å². The summed E-state index contributed by atoms with van der Waals surface area (Å²) in [5.74, 6) is 0.949. The van der Waals surface area contributed by atoms with Crippen molar-refractivity contribution >= 4 is 5.91 Å². The Balaban J connectivity index is 1.35. The number of hydrogen-bond acceptors (Lipinski definition) is 5. The van der Waals surface area contributed by atoms with Crippen LogP contribution in [0.3, 0.4) is 0 Å². The van der Waals surface area contributed by atoms with Crippen molar-refractivity contribution in [3.8, 4) is 0 Å². The van der Waals surface area contributed by atoms with Gasteiger partial charge >= 0.3 is 0 Å². The van der Waals surface area contributed by atoms with Crippen LogP contribution in [0.1, 0.15) is 77.0 Å². The number of aromatic amines is 1. The summed E-state index contributed by atoms with van der Waals surface area (Å²) in [7, 11) is 0. The zero-order valence-electron chi connectivity index (χ0n) is 15.6. The van der Waals surface area contributed by atoms with Gasteiger partial charge in [-0.15, -0.1) is 0 Å². The van der Waals surface area contributed by atoms with Crippen molar-refractivity contribution in [3.05, 3.63) is 40.2 Å². The molecule has 1 unspecified atom stereocenters. The predicted molar refractivity (Wildman–Crippen MR) is 100 cm³/mol. The van der Waals surface area contributed by atoms with Crippen molar-refractivity contribution in [2.45, 2.75) is 64.0 Å². The number of carbonyl (C=O) groups is 1. The van der Waals surface area contributed by atoms with Crippen molar-refractivity contribution in [2.75, 3.05) is 13.1 Å². The lowest BCUT2D eigenvalue weighted by molar-refractivity contribution is 0.0726. The topological polar surface area (TPSA) is 86.8 Å². The molecule has 3 aliphatic rings. The lowest BCUT2D eigenvalue weighted by atomic mass is 10.0. The molecule has 0 aromatic carbocycles. The van der Waals surface area contributed by atoms with Gasteiger partial charge in [-0.25, -0.2) is 9.97 Å². The number of rotatable bonds is 2. The third-order valence-corrected chi connectivity index (χ3v) is 6.12. The molecule has 1 fully saturated rings. The number of H-pyrrole nitrogens is 1. The molecule has 2 aromatic heterocycles. The number of aryl methyl sites for hydroxylation is 1. The van der Waals surface area contributed by atoms with Gasteiger partial charge in [-0.2, -0.15) is 5.10 Å². The smallest absolute Gasteiger partial charge is 0.274 e. The molecule has 5 rings (SSSR count). The molecule has 0 bridgehead atoms. The maximum absolute atomic E-state index is 13.1. The molecule has 0 radical (unpaired) electrons. The Bertz CT molecular complexity index is 854. The van der Waals surface area contributed by atoms with Crippen LogP contribution in [-0.4, -0.2) is 44.1 Å². The quantitative estimate of drug-likeness (QED) is 0.795. The SMILES string of the molecule is O=C(c1n[nH]c2c1CCCCC2)N1CCc2nc(C3CCCN3)ncc2C1. The highest BCUT2D eigenvalue weighted by Gasteiger charge is 2.29. The van der Waals surface area contributed by atoms with Crippen LogP contribution in [0.4, 0.5) is 0 Å². The fourth-order valence-corrected chi connectivity index (χ4v) is 4.56. The number of nitrogens with zero attached hydrogens (tertiary/aromatic N) is 4. The Hall–Kier alpha value is -2.28. The van der Waals surface area contributed by atoms with Gasteiger partial charge in [0.2, 0.25) is 0 Å². The monoisotopic (exact) mass is 366 g/mol. The molecule has 27 heavy (non-hydrogen) atoms. The van der Waals surface area contributed by atoms with E-state index < -0.39 is 0 Å². The van der Waals surface area contributed by atoms with E-state index in [0.29, 0.717) is 18.8 Å². The molecule has 1 aliphatic carbocycles. The van der Waals surface area contributed by atoms with E-state index in [1.54, 1.807) is 0 Å². The molecule has 2 N–H and O–H groups in total. The first-order valence-corrected chi connectivity index (χ1v) is 10.2. The van der Waals surface area contributed by atoms with Gasteiger partial charge in [0.25, 0.3) is 5.91 Å². The van der Waals surface area contributed by atoms with Crippen molar-refractivity contribution in [1.82, 2.24) is 30.4 Å². The maximum atomic E-state index is 13.1. The molecule has 2 aromatic rings. The first kappa shape index (κ1) is 16.9. The maximum Gasteiger partial charge on any atom is 0.274 e. The van der Waals surface area contributed by atoms with Crippen molar-refractivity contribution < 1.29 is 4.79 Å². The Morgan fingerprint density at radius 1 is 1.15 bits per heavy atom. The van der Waals surface area contributed by atoms with E-state index in [1.165, 1.54) is 19.3 Å². The van der Waals surface area contributed by atoms with Gasteiger partial charge in [0.05, 0.1) is 11.7 Å². The van der Waals surface area contributed by atoms with Crippen molar-refractivity contribution in [3.63, 3.8) is 0 Å². The van der Waals surface area contributed by atoms with Crippen molar-refractivity contribution in [1.29, 1.82) is 0 Å². The van der Waals surface area contributed by atoms with Gasteiger partial charge in [0.15, 0.2) is 5.69 Å². The minimum Gasteiger partial charge on any atom is -0.332 e. The second-order valence-electron chi connectivity index (χ2n) is 7.92. The minimum absolute atomic E-state index is 0.0431. The molecular formula is C20H26N6O. The van der Waals surface area contributed by atoms with Gasteiger partial charge in [-0.05, 0) is 45.1 Å². The average molecular weight is 366 g/mol. The fourth-order valence-electron chi connectivity index (χ4n) is 4.56. The predicted octanol–water partition coefficient (Wildman–Crippen LogP) is 2.09. The molecule has 1 saturated heterocycles. The molecule has 7 heteroatoms. The highest BCUT2D eigenvalue weighted by Crippen LogP contribution is 2.26. The van der Waals surface area contributed by atoms with Crippen LogP contribution in [0, 0.1) is 0 Å². The number of carbonyl (C=O) groups excluding carboxylic acids is 1. The van der Waals surface area contributed by atoms with Crippen LogP contribution in [0.2, 0.25) is 0 Å². The molecular weight excluding hydrogens is 340 g/mol. The molecule has 1 atom stereocenters. The first-order chi connectivity index (χ1) is 13.3. The largest absolute Gasteiger partial charge is 0.332 e. The molecule has 2 aliphatic heterocycles. The van der Waals surface area contributed by atoms with E-state index in [4.69, 9.17) is 4.98 Å². The average Bonchev–Trinajstić information content (AvgIpc) is 3.32. The lowest BCUT2D eigenvalue weighted by Gasteiger charge is -2.28. The second kappa shape index (κ2) is 7.03. The molecule has 142 valence electrons. The Morgan fingerprint density at radius 2 is 2.07 bits per heavy atom. The van der Waals surface area contributed by atoms with Crippen LogP contribution >= 0.6 is 0 Å². The normalized spacial score (nSPS) is 22.2. The van der Waals surface area contributed by atoms with E-state index in [0.717, 1.165) is 67.0 Å². The second-order valence-corrected chi connectivity index (χ2v) is 7.92. The highest BCUT2D eigenvalue weighted by molar-refractivity contribution is 5.94. The van der Waals surface area contributed by atoms with E-state index >= 15 is 0 Å². The zero-order valence-corrected chi connectivity index (χ0v) is 15.6. The summed E-state index contributed by atoms with van der Waals surface area (Å²) in [6.07, 6.45) is 10.5. The van der Waals surface area contributed by atoms with Crippen LogP contribution < -0.4 is 5.32 Å². The molecule has 7 nitrogen and oxygen atoms in total. The number of hydrogen-bond donors (Lipinski definition) is 2. The van der Waals surface area contributed by atoms with E-state index in [2.05, 4.69) is 20.5 Å². The summed E-state index contributed by atoms with van der Waals surface area (Å²) >= 11 is 0. The molecule has 1 amide bonds. The molecule has 4 heterocycles. The van der Waals surface area contributed by atoms with Gasteiger partial charge in [0.1, 0.15) is 5.82 Å². The fraction of sp³-hybridized carbons (Fsp3) is 0.600. The number of amides is 1. The third kappa shape index (κ3) is 3.14. The minimum atomic E-state index is 0.0431. The van der Waals surface area contributed by atoms with Gasteiger partial charge < -0.3 is 10.2 Å². The molecule has 0 saturated carbocycles. The van der Waals surface area contributed by atoms with Crippen LogP contribution in [0.25, 0.3) is 0 Å². The van der Waals surface area contributed by atoms with Gasteiger partial charge in [0, 0.05) is 42.5 Å². The van der Waals surface area contributed by atoms with Crippen LogP contribution in [0.15, 0.2) is 6.20 Å². The third-order valence-electron chi connectivity index (χ3n) is 6.12. The van der Waals surface area contributed by atoms with Crippen LogP contribution in [0.5, 0.6) is 0 Å². The summed E-state index contributed by atoms with van der Waals surface area (Å²) in [6.45, 7) is 2.32.